The van der Waals surface area contributed by atoms with Crippen molar-refractivity contribution in [3.63, 3.8) is 0 Å². The van der Waals surface area contributed by atoms with Crippen molar-refractivity contribution in [3.8, 4) is 0 Å². The lowest BCUT2D eigenvalue weighted by atomic mass is 9.97. The molecule has 0 amide bonds. The standard InChI is InChI=1S/C17H20FN/c1-13-11-16(18)9-8-15(13)12-17(19)10-7-14-5-3-2-4-6-14/h2-6,8-9,11,17H,7,10,12,19H2,1H3. The predicted octanol–water partition coefficient (Wildman–Crippen LogP) is 3.64. The van der Waals surface area contributed by atoms with Crippen molar-refractivity contribution in [2.45, 2.75) is 32.2 Å². The maximum absolute atomic E-state index is 13.0. The van der Waals surface area contributed by atoms with Gasteiger partial charge in [0.25, 0.3) is 0 Å². The van der Waals surface area contributed by atoms with Crippen LogP contribution in [0.25, 0.3) is 0 Å². The summed E-state index contributed by atoms with van der Waals surface area (Å²) in [6, 6.07) is 15.4. The van der Waals surface area contributed by atoms with Gasteiger partial charge in [-0.2, -0.15) is 0 Å². The van der Waals surface area contributed by atoms with E-state index in [1.165, 1.54) is 11.6 Å². The second kappa shape index (κ2) is 6.48. The Balaban J connectivity index is 1.89. The topological polar surface area (TPSA) is 26.0 Å². The molecule has 0 aliphatic heterocycles. The molecule has 2 aromatic carbocycles. The molecule has 0 radical (unpaired) electrons. The number of nitrogens with two attached hydrogens (primary N) is 1. The molecule has 1 unspecified atom stereocenters. The maximum atomic E-state index is 13.0. The molecule has 0 aliphatic carbocycles. The van der Waals surface area contributed by atoms with Gasteiger partial charge in [0.05, 0.1) is 0 Å². The molecule has 19 heavy (non-hydrogen) atoms. The second-order valence-corrected chi connectivity index (χ2v) is 5.06. The molecule has 1 nitrogen and oxygen atoms in total. The van der Waals surface area contributed by atoms with E-state index in [0.717, 1.165) is 30.4 Å². The Morgan fingerprint density at radius 3 is 2.53 bits per heavy atom. The molecule has 100 valence electrons. The van der Waals surface area contributed by atoms with Gasteiger partial charge in [0.1, 0.15) is 5.82 Å². The van der Waals surface area contributed by atoms with E-state index in [1.54, 1.807) is 6.07 Å². The summed E-state index contributed by atoms with van der Waals surface area (Å²) in [5, 5.41) is 0. The summed E-state index contributed by atoms with van der Waals surface area (Å²) < 4.78 is 13.0. The summed E-state index contributed by atoms with van der Waals surface area (Å²) in [6.07, 6.45) is 2.74. The summed E-state index contributed by atoms with van der Waals surface area (Å²) in [7, 11) is 0. The fraction of sp³-hybridized carbons (Fsp3) is 0.294. The van der Waals surface area contributed by atoms with Crippen LogP contribution in [-0.2, 0) is 12.8 Å². The van der Waals surface area contributed by atoms with Crippen LogP contribution in [0.15, 0.2) is 48.5 Å². The largest absolute Gasteiger partial charge is 0.327 e. The van der Waals surface area contributed by atoms with Crippen LogP contribution < -0.4 is 5.73 Å². The fourth-order valence-corrected chi connectivity index (χ4v) is 2.27. The average molecular weight is 257 g/mol. The highest BCUT2D eigenvalue weighted by Gasteiger charge is 2.07. The Hall–Kier alpha value is -1.67. The number of rotatable bonds is 5. The number of hydrogen-bond donors (Lipinski definition) is 1. The SMILES string of the molecule is Cc1cc(F)ccc1CC(N)CCc1ccccc1. The Morgan fingerprint density at radius 1 is 1.11 bits per heavy atom. The molecule has 0 spiro atoms. The molecule has 2 rings (SSSR count). The Bertz CT molecular complexity index is 522. The quantitative estimate of drug-likeness (QED) is 0.869. The van der Waals surface area contributed by atoms with Crippen LogP contribution >= 0.6 is 0 Å². The average Bonchev–Trinajstić information content (AvgIpc) is 2.41. The van der Waals surface area contributed by atoms with Crippen LogP contribution in [0.3, 0.4) is 0 Å². The first-order chi connectivity index (χ1) is 9.15. The molecule has 2 heteroatoms. The third kappa shape index (κ3) is 4.18. The Kier molecular flexibility index (Phi) is 4.69. The van der Waals surface area contributed by atoms with Crippen LogP contribution in [0.4, 0.5) is 4.39 Å². The fourth-order valence-electron chi connectivity index (χ4n) is 2.27. The Morgan fingerprint density at radius 2 is 1.84 bits per heavy atom. The summed E-state index contributed by atoms with van der Waals surface area (Å²) in [4.78, 5) is 0. The highest BCUT2D eigenvalue weighted by atomic mass is 19.1. The van der Waals surface area contributed by atoms with Crippen molar-refractivity contribution in [2.75, 3.05) is 0 Å². The molecule has 1 atom stereocenters. The molecule has 2 N–H and O–H groups in total. The van der Waals surface area contributed by atoms with Gasteiger partial charge < -0.3 is 5.73 Å². The van der Waals surface area contributed by atoms with Crippen LogP contribution in [0.1, 0.15) is 23.1 Å². The Labute approximate surface area is 114 Å². The first-order valence-electron chi connectivity index (χ1n) is 6.69. The van der Waals surface area contributed by atoms with Crippen molar-refractivity contribution < 1.29 is 4.39 Å². The predicted molar refractivity (Wildman–Crippen MR) is 77.6 cm³/mol. The molecule has 0 saturated heterocycles. The molecule has 0 bridgehead atoms. The van der Waals surface area contributed by atoms with Gasteiger partial charge in [-0.15, -0.1) is 0 Å². The molecule has 0 aliphatic rings. The van der Waals surface area contributed by atoms with Gasteiger partial charge in [-0.1, -0.05) is 36.4 Å². The van der Waals surface area contributed by atoms with Crippen molar-refractivity contribution in [3.05, 3.63) is 71.0 Å². The van der Waals surface area contributed by atoms with Crippen molar-refractivity contribution >= 4 is 0 Å². The zero-order valence-electron chi connectivity index (χ0n) is 11.3. The van der Waals surface area contributed by atoms with Crippen molar-refractivity contribution in [1.29, 1.82) is 0 Å². The van der Waals surface area contributed by atoms with E-state index in [2.05, 4.69) is 12.1 Å². The minimum Gasteiger partial charge on any atom is -0.327 e. The molecule has 0 aromatic heterocycles. The van der Waals surface area contributed by atoms with E-state index in [0.29, 0.717) is 0 Å². The van der Waals surface area contributed by atoms with Gasteiger partial charge in [0, 0.05) is 6.04 Å². The highest BCUT2D eigenvalue weighted by Crippen LogP contribution is 2.14. The van der Waals surface area contributed by atoms with E-state index in [1.807, 2.05) is 31.2 Å². The molecule has 0 saturated carbocycles. The minimum absolute atomic E-state index is 0.115. The summed E-state index contributed by atoms with van der Waals surface area (Å²) in [6.45, 7) is 1.93. The van der Waals surface area contributed by atoms with Crippen LogP contribution in [0.5, 0.6) is 0 Å². The highest BCUT2D eigenvalue weighted by molar-refractivity contribution is 5.27. The molecule has 0 heterocycles. The van der Waals surface area contributed by atoms with Crippen molar-refractivity contribution in [1.82, 2.24) is 0 Å². The minimum atomic E-state index is -0.181. The first kappa shape index (κ1) is 13.8. The third-order valence-electron chi connectivity index (χ3n) is 3.43. The van der Waals surface area contributed by atoms with Gasteiger partial charge in [0.2, 0.25) is 0 Å². The number of benzene rings is 2. The van der Waals surface area contributed by atoms with Gasteiger partial charge in [-0.05, 0) is 55.0 Å². The second-order valence-electron chi connectivity index (χ2n) is 5.06. The lowest BCUT2D eigenvalue weighted by Gasteiger charge is -2.13. The molecular formula is C17H20FN. The van der Waals surface area contributed by atoms with Crippen LogP contribution in [0.2, 0.25) is 0 Å². The van der Waals surface area contributed by atoms with Gasteiger partial charge in [0.15, 0.2) is 0 Å². The molecule has 0 fully saturated rings. The van der Waals surface area contributed by atoms with E-state index < -0.39 is 0 Å². The van der Waals surface area contributed by atoms with Gasteiger partial charge >= 0.3 is 0 Å². The first-order valence-corrected chi connectivity index (χ1v) is 6.69. The third-order valence-corrected chi connectivity index (χ3v) is 3.43. The smallest absolute Gasteiger partial charge is 0.123 e. The normalized spacial score (nSPS) is 12.4. The van der Waals surface area contributed by atoms with E-state index >= 15 is 0 Å². The van der Waals surface area contributed by atoms with E-state index in [4.69, 9.17) is 5.73 Å². The summed E-state index contributed by atoms with van der Waals surface area (Å²) in [5.41, 5.74) is 9.60. The van der Waals surface area contributed by atoms with Gasteiger partial charge in [-0.25, -0.2) is 4.39 Å². The summed E-state index contributed by atoms with van der Waals surface area (Å²) >= 11 is 0. The lowest BCUT2D eigenvalue weighted by Crippen LogP contribution is -2.24. The van der Waals surface area contributed by atoms with Crippen LogP contribution in [0, 0.1) is 12.7 Å². The zero-order chi connectivity index (χ0) is 13.7. The number of halogens is 1. The maximum Gasteiger partial charge on any atom is 0.123 e. The van der Waals surface area contributed by atoms with E-state index in [-0.39, 0.29) is 11.9 Å². The zero-order valence-corrected chi connectivity index (χ0v) is 11.3. The molecular weight excluding hydrogens is 237 g/mol. The molecule has 2 aromatic rings. The summed E-state index contributed by atoms with van der Waals surface area (Å²) in [5.74, 6) is -0.181. The number of hydrogen-bond acceptors (Lipinski definition) is 1. The van der Waals surface area contributed by atoms with Crippen LogP contribution in [-0.4, -0.2) is 6.04 Å². The van der Waals surface area contributed by atoms with Gasteiger partial charge in [-0.3, -0.25) is 0 Å². The van der Waals surface area contributed by atoms with E-state index in [9.17, 15) is 4.39 Å². The lowest BCUT2D eigenvalue weighted by molar-refractivity contribution is 0.602. The van der Waals surface area contributed by atoms with Crippen molar-refractivity contribution in [2.24, 2.45) is 5.73 Å². The number of aryl methyl sites for hydroxylation is 2. The monoisotopic (exact) mass is 257 g/mol.